The first kappa shape index (κ1) is 52.1. The number of ether oxygens (including phenoxy) is 5. The SMILES string of the molecule is CO[C@@H](C)c1ncc(C2CCN(C3CC3)CC2)cc1-c1c2c3cc(ccc3n1CCOC1CCOCC1)-c1csc(n1)[C@@H](N1CC3(CCC3)C1)[C@H](NC(=O)C13CC(C1)[C@H](C)O3)C(=O)N1CCC[C@H](N1)C(=O)OCC(C)(C)C2. The van der Waals surface area contributed by atoms with Gasteiger partial charge in [0.05, 0.1) is 54.6 Å². The number of esters is 1. The summed E-state index contributed by atoms with van der Waals surface area (Å²) < 4.78 is 33.8. The molecule has 6 saturated heterocycles. The summed E-state index contributed by atoms with van der Waals surface area (Å²) in [6.45, 7) is 15.5. The second kappa shape index (κ2) is 20.6. The third-order valence-corrected chi connectivity index (χ3v) is 20.4. The van der Waals surface area contributed by atoms with Crippen molar-refractivity contribution in [3.8, 4) is 22.5 Å². The molecule has 3 aromatic heterocycles. The first-order chi connectivity index (χ1) is 37.3. The van der Waals surface area contributed by atoms with Crippen LogP contribution in [0.25, 0.3) is 33.4 Å². The minimum absolute atomic E-state index is 0.0118. The number of likely N-dealkylation sites (tertiary alicyclic amines) is 2. The maximum Gasteiger partial charge on any atom is 0.324 e. The van der Waals surface area contributed by atoms with E-state index in [0.29, 0.717) is 76.9 Å². The van der Waals surface area contributed by atoms with Crippen LogP contribution in [0.4, 0.5) is 0 Å². The molecule has 77 heavy (non-hydrogen) atoms. The van der Waals surface area contributed by atoms with Crippen LogP contribution >= 0.6 is 11.3 Å². The van der Waals surface area contributed by atoms with E-state index < -0.39 is 35.1 Å². The van der Waals surface area contributed by atoms with Crippen LogP contribution in [-0.4, -0.2) is 149 Å². The fraction of sp³-hybridized carbons (Fsp3) is 0.683. The van der Waals surface area contributed by atoms with Crippen LogP contribution < -0.4 is 10.7 Å². The number of benzene rings is 1. The minimum Gasteiger partial charge on any atom is -0.464 e. The number of aromatic nitrogens is 3. The smallest absolute Gasteiger partial charge is 0.324 e. The summed E-state index contributed by atoms with van der Waals surface area (Å²) >= 11 is 1.55. The standard InChI is InChI=1S/C60H80N8O8S/c1-36-41-28-60(29-41,76-36)57(71)63-51-53(66-33-59(34-66)17-7-18-59)54-62-48(32-77-54)39-9-12-49-44(26-39)46(30-58(3,4)35-75-56(70)47-8-6-19-68(64-47)55(51)69)52(67(49)22-25-74-43-15-23-73-24-16-43)45-27-40(31-61-50(45)37(2)72-5)38-13-20-65(21-14-38)42-10-11-42/h9,12,26-27,31-32,36-38,41-43,47,51,53,64H,6-8,10-11,13-25,28-30,33-35H2,1-5H3,(H,63,71)/t36-,37-,41?,47-,51-,53-,60?/m0/s1. The lowest BCUT2D eigenvalue weighted by Gasteiger charge is -2.59. The van der Waals surface area contributed by atoms with Gasteiger partial charge in [-0.15, -0.1) is 11.3 Å². The van der Waals surface area contributed by atoms with Gasteiger partial charge in [0.1, 0.15) is 22.7 Å². The van der Waals surface area contributed by atoms with E-state index in [9.17, 15) is 9.59 Å². The third kappa shape index (κ3) is 9.88. The number of amides is 2. The van der Waals surface area contributed by atoms with Crippen molar-refractivity contribution in [2.75, 3.05) is 66.3 Å². The van der Waals surface area contributed by atoms with Crippen LogP contribution in [0.5, 0.6) is 0 Å². The molecule has 5 atom stereocenters. The fourth-order valence-electron chi connectivity index (χ4n) is 14.5. The lowest BCUT2D eigenvalue weighted by atomic mass is 9.63. The van der Waals surface area contributed by atoms with E-state index >= 15 is 4.79 Å². The molecule has 17 heteroatoms. The predicted molar refractivity (Wildman–Crippen MR) is 293 cm³/mol. The van der Waals surface area contributed by atoms with Gasteiger partial charge in [0.2, 0.25) is 0 Å². The lowest BCUT2D eigenvalue weighted by molar-refractivity contribution is -0.160. The lowest BCUT2D eigenvalue weighted by Crippen LogP contribution is -2.68. The van der Waals surface area contributed by atoms with Gasteiger partial charge in [-0.3, -0.25) is 29.3 Å². The zero-order valence-electron chi connectivity index (χ0n) is 46.0. The largest absolute Gasteiger partial charge is 0.464 e. The molecular formula is C60H80N8O8S. The van der Waals surface area contributed by atoms with Gasteiger partial charge in [-0.2, -0.15) is 0 Å². The van der Waals surface area contributed by atoms with Crippen molar-refractivity contribution in [2.24, 2.45) is 16.7 Å². The van der Waals surface area contributed by atoms with Gasteiger partial charge in [-0.1, -0.05) is 26.3 Å². The Bertz CT molecular complexity index is 2870. The van der Waals surface area contributed by atoms with Crippen molar-refractivity contribution in [1.82, 2.24) is 40.1 Å². The number of piperidine rings is 1. The van der Waals surface area contributed by atoms with E-state index in [1.807, 2.05) is 6.92 Å². The van der Waals surface area contributed by atoms with E-state index in [-0.39, 0.29) is 42.1 Å². The zero-order valence-corrected chi connectivity index (χ0v) is 46.8. The Morgan fingerprint density at radius 1 is 0.987 bits per heavy atom. The molecule has 3 saturated carbocycles. The van der Waals surface area contributed by atoms with Crippen LogP contribution in [0.1, 0.15) is 151 Å². The van der Waals surface area contributed by atoms with Crippen molar-refractivity contribution in [3.63, 3.8) is 0 Å². The second-order valence-electron chi connectivity index (χ2n) is 25.5. The summed E-state index contributed by atoms with van der Waals surface area (Å²) in [5.41, 5.74) is 10.4. The Balaban J connectivity index is 0.949. The number of methoxy groups -OCH3 is 1. The number of cyclic esters (lactones) is 1. The number of hydrogen-bond donors (Lipinski definition) is 2. The highest BCUT2D eigenvalue weighted by Gasteiger charge is 2.62. The Morgan fingerprint density at radius 2 is 1.78 bits per heavy atom. The molecule has 2 amide bonds. The summed E-state index contributed by atoms with van der Waals surface area (Å²) in [7, 11) is 1.76. The first-order valence-corrected chi connectivity index (χ1v) is 30.2. The van der Waals surface area contributed by atoms with Crippen LogP contribution in [0, 0.1) is 16.7 Å². The fourth-order valence-corrected chi connectivity index (χ4v) is 15.5. The molecule has 10 heterocycles. The molecule has 2 N–H and O–H groups in total. The molecule has 0 unspecified atom stereocenters. The van der Waals surface area contributed by atoms with E-state index in [4.69, 9.17) is 33.7 Å². The predicted octanol–water partition coefficient (Wildman–Crippen LogP) is 8.27. The van der Waals surface area contributed by atoms with Crippen molar-refractivity contribution in [1.29, 1.82) is 0 Å². The van der Waals surface area contributed by atoms with Crippen molar-refractivity contribution >= 4 is 40.0 Å². The summed E-state index contributed by atoms with van der Waals surface area (Å²) in [5, 5.41) is 8.90. The maximum absolute atomic E-state index is 15.4. The number of nitrogens with zero attached hydrogens (tertiary/aromatic N) is 6. The van der Waals surface area contributed by atoms with Gasteiger partial charge < -0.3 is 38.5 Å². The Hall–Kier alpha value is -4.33. The molecule has 7 aliphatic heterocycles. The first-order valence-electron chi connectivity index (χ1n) is 29.3. The highest BCUT2D eigenvalue weighted by atomic mass is 32.1. The van der Waals surface area contributed by atoms with E-state index in [1.54, 1.807) is 23.5 Å². The van der Waals surface area contributed by atoms with Crippen LogP contribution in [0.3, 0.4) is 0 Å². The summed E-state index contributed by atoms with van der Waals surface area (Å²) in [5.74, 6) is -0.184. The van der Waals surface area contributed by atoms with Gasteiger partial charge in [-0.25, -0.2) is 10.4 Å². The van der Waals surface area contributed by atoms with Gasteiger partial charge >= 0.3 is 5.97 Å². The Labute approximate surface area is 457 Å². The molecule has 1 spiro atoms. The molecule has 8 bridgehead atoms. The number of carbonyl (C=O) groups is 3. The monoisotopic (exact) mass is 1070 g/mol. The molecule has 10 aliphatic rings. The van der Waals surface area contributed by atoms with Crippen molar-refractivity contribution in [3.05, 3.63) is 57.7 Å². The number of pyridine rings is 1. The average molecular weight is 1070 g/mol. The number of carbonyl (C=O) groups excluding carboxylic acids is 3. The minimum atomic E-state index is -0.986. The van der Waals surface area contributed by atoms with Crippen LogP contribution in [0.15, 0.2) is 35.8 Å². The molecule has 0 radical (unpaired) electrons. The zero-order chi connectivity index (χ0) is 52.8. The van der Waals surface area contributed by atoms with Crippen LogP contribution in [-0.2, 0) is 51.0 Å². The van der Waals surface area contributed by atoms with Gasteiger partial charge in [0.15, 0.2) is 0 Å². The number of hydrazine groups is 1. The van der Waals surface area contributed by atoms with Gasteiger partial charge in [-0.05, 0) is 157 Å². The number of rotatable bonds is 12. The summed E-state index contributed by atoms with van der Waals surface area (Å²) in [6, 6.07) is 7.64. The summed E-state index contributed by atoms with van der Waals surface area (Å²) in [4.78, 5) is 60.4. The number of hydrogen-bond acceptors (Lipinski definition) is 14. The quantitative estimate of drug-likeness (QED) is 0.131. The Kier molecular flexibility index (Phi) is 14.0. The molecule has 9 fully saturated rings. The second-order valence-corrected chi connectivity index (χ2v) is 26.4. The highest BCUT2D eigenvalue weighted by molar-refractivity contribution is 7.10. The van der Waals surface area contributed by atoms with Gasteiger partial charge in [0.25, 0.3) is 11.8 Å². The van der Waals surface area contributed by atoms with Gasteiger partial charge in [0, 0.05) is 91.6 Å². The molecule has 1 aromatic carbocycles. The van der Waals surface area contributed by atoms with Crippen molar-refractivity contribution in [2.45, 2.75) is 178 Å². The van der Waals surface area contributed by atoms with E-state index in [0.717, 1.165) is 120 Å². The molecule has 4 aromatic rings. The molecule has 14 rings (SSSR count). The number of thiazole rings is 1. The van der Waals surface area contributed by atoms with Crippen molar-refractivity contribution < 1.29 is 38.1 Å². The topological polar surface area (TPSA) is 162 Å². The van der Waals surface area contributed by atoms with E-state index in [2.05, 4.69) is 81.7 Å². The number of fused-ring (bicyclic) bond motifs is 7. The normalized spacial score (nSPS) is 30.4. The molecule has 3 aliphatic carbocycles. The number of nitrogens with one attached hydrogen (secondary N) is 2. The maximum atomic E-state index is 15.4. The Morgan fingerprint density at radius 3 is 2.49 bits per heavy atom. The average Bonchev–Trinajstić information content (AvgIpc) is 3.82. The highest BCUT2D eigenvalue weighted by Crippen LogP contribution is 2.54. The molecular weight excluding hydrogens is 993 g/mol. The molecule has 414 valence electrons. The van der Waals surface area contributed by atoms with Crippen LogP contribution in [0.2, 0.25) is 0 Å². The summed E-state index contributed by atoms with van der Waals surface area (Å²) in [6.07, 6.45) is 15.1. The third-order valence-electron chi connectivity index (χ3n) is 19.5. The molecule has 16 nitrogen and oxygen atoms in total. The van der Waals surface area contributed by atoms with E-state index in [1.165, 1.54) is 24.8 Å².